The second-order valence-corrected chi connectivity index (χ2v) is 3.66. The summed E-state index contributed by atoms with van der Waals surface area (Å²) < 4.78 is 0. The Morgan fingerprint density at radius 3 is 2.20 bits per heavy atom. The van der Waals surface area contributed by atoms with Gasteiger partial charge in [-0.15, -0.1) is 0 Å². The van der Waals surface area contributed by atoms with Crippen molar-refractivity contribution in [3.05, 3.63) is 12.2 Å². The summed E-state index contributed by atoms with van der Waals surface area (Å²) in [6, 6.07) is 0. The molecular weight excluding hydrogens is 184 g/mol. The van der Waals surface area contributed by atoms with Crippen LogP contribution in [0.2, 0.25) is 0 Å². The molecule has 0 N–H and O–H groups in total. The number of hydrogen-bond donors (Lipinski definition) is 0. The summed E-state index contributed by atoms with van der Waals surface area (Å²) >= 11 is 0. The van der Waals surface area contributed by atoms with Crippen LogP contribution < -0.4 is 0 Å². The molecule has 0 spiro atoms. The summed E-state index contributed by atoms with van der Waals surface area (Å²) in [5.74, 6) is 6.13. The van der Waals surface area contributed by atoms with Crippen LogP contribution in [0.4, 0.5) is 0 Å². The van der Waals surface area contributed by atoms with Gasteiger partial charge in [0.25, 0.3) is 0 Å². The first-order chi connectivity index (χ1) is 7.18. The lowest BCUT2D eigenvalue weighted by molar-refractivity contribution is 0.168. The minimum absolute atomic E-state index is 0.890. The van der Waals surface area contributed by atoms with Gasteiger partial charge in [-0.1, -0.05) is 32.3 Å². The van der Waals surface area contributed by atoms with Gasteiger partial charge >= 0.3 is 0 Å². The van der Waals surface area contributed by atoms with Crippen molar-refractivity contribution < 1.29 is 0 Å². The van der Waals surface area contributed by atoms with Crippen molar-refractivity contribution in [1.82, 2.24) is 9.80 Å². The van der Waals surface area contributed by atoms with Crippen LogP contribution >= 0.6 is 0 Å². The van der Waals surface area contributed by atoms with E-state index in [4.69, 9.17) is 0 Å². The van der Waals surface area contributed by atoms with Crippen molar-refractivity contribution >= 4 is 0 Å². The Hall–Kier alpha value is -0.780. The van der Waals surface area contributed by atoms with Crippen LogP contribution in [0.5, 0.6) is 0 Å². The fourth-order valence-corrected chi connectivity index (χ4v) is 1.31. The normalized spacial score (nSPS) is 17.1. The lowest BCUT2D eigenvalue weighted by Crippen LogP contribution is -2.44. The van der Waals surface area contributed by atoms with Crippen molar-refractivity contribution in [3.8, 4) is 11.8 Å². The highest BCUT2D eigenvalue weighted by molar-refractivity contribution is 5.23. The third-order valence-electron chi connectivity index (χ3n) is 2.20. The van der Waals surface area contributed by atoms with Crippen LogP contribution in [0.3, 0.4) is 0 Å². The van der Waals surface area contributed by atoms with E-state index in [1.807, 2.05) is 20.8 Å². The first-order valence-corrected chi connectivity index (χ1v) is 5.74. The average Bonchev–Trinajstić information content (AvgIpc) is 2.23. The Morgan fingerprint density at radius 1 is 1.20 bits per heavy atom. The third-order valence-corrected chi connectivity index (χ3v) is 2.20. The standard InChI is InChI=1S/C11H18N2.C2H6/c1-11(2)5-4-6-13-9-7-12(3)8-10-13;1-2/h1,6-10H2,2-3H3;1-2H3. The van der Waals surface area contributed by atoms with E-state index < -0.39 is 0 Å². The smallest absolute Gasteiger partial charge is 0.0606 e. The second kappa shape index (κ2) is 8.52. The molecule has 1 aliphatic rings. The zero-order valence-electron chi connectivity index (χ0n) is 10.6. The van der Waals surface area contributed by atoms with Crippen molar-refractivity contribution in [3.63, 3.8) is 0 Å². The molecule has 0 bridgehead atoms. The molecule has 2 heteroatoms. The SMILES string of the molecule is C=C(C)C#CCN1CCN(C)CC1.CC. The topological polar surface area (TPSA) is 6.48 Å². The summed E-state index contributed by atoms with van der Waals surface area (Å²) in [6.45, 7) is 15.2. The van der Waals surface area contributed by atoms with Crippen LogP contribution in [0.15, 0.2) is 12.2 Å². The molecule has 0 atom stereocenters. The summed E-state index contributed by atoms with van der Waals surface area (Å²) in [4.78, 5) is 4.73. The fraction of sp³-hybridized carbons (Fsp3) is 0.692. The van der Waals surface area contributed by atoms with E-state index in [0.29, 0.717) is 0 Å². The molecule has 0 saturated carbocycles. The van der Waals surface area contributed by atoms with Gasteiger partial charge in [0.05, 0.1) is 6.54 Å². The van der Waals surface area contributed by atoms with Gasteiger partial charge in [0, 0.05) is 26.2 Å². The molecule has 1 aliphatic heterocycles. The molecule has 0 amide bonds. The van der Waals surface area contributed by atoms with Gasteiger partial charge in [0.1, 0.15) is 0 Å². The second-order valence-electron chi connectivity index (χ2n) is 3.66. The maximum atomic E-state index is 3.75. The van der Waals surface area contributed by atoms with Gasteiger partial charge < -0.3 is 4.90 Å². The molecule has 1 rings (SSSR count). The van der Waals surface area contributed by atoms with Crippen LogP contribution in [0, 0.1) is 11.8 Å². The molecule has 0 radical (unpaired) electrons. The molecule has 86 valence electrons. The van der Waals surface area contributed by atoms with Crippen LogP contribution in [0.1, 0.15) is 20.8 Å². The van der Waals surface area contributed by atoms with E-state index in [1.54, 1.807) is 0 Å². The number of piperazine rings is 1. The molecule has 2 nitrogen and oxygen atoms in total. The minimum Gasteiger partial charge on any atom is -0.304 e. The molecule has 1 heterocycles. The van der Waals surface area contributed by atoms with Gasteiger partial charge in [-0.2, -0.15) is 0 Å². The van der Waals surface area contributed by atoms with Gasteiger partial charge in [0.2, 0.25) is 0 Å². The molecule has 0 aromatic carbocycles. The molecule has 0 aromatic heterocycles. The van der Waals surface area contributed by atoms with E-state index in [1.165, 1.54) is 0 Å². The molecule has 1 saturated heterocycles. The van der Waals surface area contributed by atoms with Gasteiger partial charge in [-0.3, -0.25) is 4.90 Å². The maximum absolute atomic E-state index is 3.75. The Morgan fingerprint density at radius 2 is 1.73 bits per heavy atom. The van der Waals surface area contributed by atoms with E-state index in [0.717, 1.165) is 38.3 Å². The predicted molar refractivity (Wildman–Crippen MR) is 67.9 cm³/mol. The number of likely N-dealkylation sites (N-methyl/N-ethyl adjacent to an activating group) is 1. The minimum atomic E-state index is 0.890. The maximum Gasteiger partial charge on any atom is 0.0606 e. The molecule has 0 unspecified atom stereocenters. The Balaban J connectivity index is 0.000000921. The highest BCUT2D eigenvalue weighted by Crippen LogP contribution is 1.97. The zero-order valence-corrected chi connectivity index (χ0v) is 10.6. The average molecular weight is 208 g/mol. The fourth-order valence-electron chi connectivity index (χ4n) is 1.31. The number of hydrogen-bond acceptors (Lipinski definition) is 2. The highest BCUT2D eigenvalue weighted by atomic mass is 15.2. The first-order valence-electron chi connectivity index (χ1n) is 5.74. The predicted octanol–water partition coefficient (Wildman–Crippen LogP) is 1.84. The van der Waals surface area contributed by atoms with Crippen molar-refractivity contribution in [1.29, 1.82) is 0 Å². The van der Waals surface area contributed by atoms with Gasteiger partial charge in [-0.25, -0.2) is 0 Å². The number of nitrogens with zero attached hydrogens (tertiary/aromatic N) is 2. The largest absolute Gasteiger partial charge is 0.304 e. The quantitative estimate of drug-likeness (QED) is 0.607. The van der Waals surface area contributed by atoms with Gasteiger partial charge in [-0.05, 0) is 19.5 Å². The van der Waals surface area contributed by atoms with E-state index >= 15 is 0 Å². The van der Waals surface area contributed by atoms with Crippen LogP contribution in [0.25, 0.3) is 0 Å². The third kappa shape index (κ3) is 7.18. The molecular formula is C13H24N2. The zero-order chi connectivity index (χ0) is 11.7. The van der Waals surface area contributed by atoms with Crippen LogP contribution in [-0.4, -0.2) is 49.6 Å². The summed E-state index contributed by atoms with van der Waals surface area (Å²) in [6.07, 6.45) is 0. The monoisotopic (exact) mass is 208 g/mol. The Labute approximate surface area is 94.9 Å². The summed E-state index contributed by atoms with van der Waals surface area (Å²) in [7, 11) is 2.16. The Bertz CT molecular complexity index is 227. The highest BCUT2D eigenvalue weighted by Gasteiger charge is 2.11. The van der Waals surface area contributed by atoms with Crippen molar-refractivity contribution in [2.24, 2.45) is 0 Å². The van der Waals surface area contributed by atoms with Crippen LogP contribution in [-0.2, 0) is 0 Å². The molecule has 15 heavy (non-hydrogen) atoms. The summed E-state index contributed by atoms with van der Waals surface area (Å²) in [5.41, 5.74) is 0.953. The lowest BCUT2D eigenvalue weighted by Gasteiger charge is -2.30. The van der Waals surface area contributed by atoms with Crippen molar-refractivity contribution in [2.75, 3.05) is 39.8 Å². The first kappa shape index (κ1) is 14.2. The van der Waals surface area contributed by atoms with E-state index in [9.17, 15) is 0 Å². The molecule has 1 fully saturated rings. The number of allylic oxidation sites excluding steroid dienone is 1. The summed E-state index contributed by atoms with van der Waals surface area (Å²) in [5, 5.41) is 0. The van der Waals surface area contributed by atoms with Gasteiger partial charge in [0.15, 0.2) is 0 Å². The molecule has 0 aromatic rings. The number of rotatable bonds is 1. The van der Waals surface area contributed by atoms with E-state index in [-0.39, 0.29) is 0 Å². The lowest BCUT2D eigenvalue weighted by atomic mass is 10.3. The van der Waals surface area contributed by atoms with Crippen molar-refractivity contribution in [2.45, 2.75) is 20.8 Å². The molecule has 0 aliphatic carbocycles. The van der Waals surface area contributed by atoms with E-state index in [2.05, 4.69) is 35.3 Å². The Kier molecular flexibility index (Phi) is 8.08.